The largest absolute Gasteiger partial charge is 0.489 e. The second-order valence-electron chi connectivity index (χ2n) is 4.87. The Morgan fingerprint density at radius 2 is 1.76 bits per heavy atom. The van der Waals surface area contributed by atoms with Crippen LogP contribution in [0.5, 0.6) is 5.75 Å². The van der Waals surface area contributed by atoms with Gasteiger partial charge in [0.15, 0.2) is 0 Å². The fraction of sp³-hybridized carbons (Fsp3) is 0.235. The second-order valence-corrected chi connectivity index (χ2v) is 4.87. The molecule has 2 aromatic carbocycles. The van der Waals surface area contributed by atoms with Crippen LogP contribution >= 0.6 is 0 Å². The Morgan fingerprint density at radius 3 is 2.33 bits per heavy atom. The molecule has 0 fully saturated rings. The number of rotatable bonds is 7. The number of amides is 1. The molecule has 0 saturated carbocycles. The van der Waals surface area contributed by atoms with Crippen LogP contribution in [0.4, 0.5) is 0 Å². The van der Waals surface area contributed by atoms with Crippen LogP contribution in [-0.2, 0) is 17.8 Å². The Kier molecular flexibility index (Phi) is 5.35. The molecule has 3 N–H and O–H groups in total. The van der Waals surface area contributed by atoms with E-state index in [-0.39, 0.29) is 11.9 Å². The quantitative estimate of drug-likeness (QED) is 0.816. The van der Waals surface area contributed by atoms with Crippen LogP contribution in [0.25, 0.3) is 0 Å². The molecule has 1 atom stereocenters. The zero-order valence-electron chi connectivity index (χ0n) is 12.1. The van der Waals surface area contributed by atoms with E-state index in [0.717, 1.165) is 16.9 Å². The number of primary amides is 1. The van der Waals surface area contributed by atoms with Gasteiger partial charge in [-0.05, 0) is 36.7 Å². The van der Waals surface area contributed by atoms with Crippen molar-refractivity contribution < 1.29 is 9.53 Å². The van der Waals surface area contributed by atoms with Gasteiger partial charge >= 0.3 is 0 Å². The number of benzene rings is 2. The van der Waals surface area contributed by atoms with E-state index in [0.29, 0.717) is 13.0 Å². The van der Waals surface area contributed by atoms with Gasteiger partial charge in [0.05, 0.1) is 6.04 Å². The number of carbonyl (C=O) groups excluding carboxylic acids is 1. The molecule has 0 radical (unpaired) electrons. The number of ether oxygens (including phenoxy) is 1. The summed E-state index contributed by atoms with van der Waals surface area (Å²) < 4.78 is 5.72. The minimum Gasteiger partial charge on any atom is -0.489 e. The summed E-state index contributed by atoms with van der Waals surface area (Å²) in [5.41, 5.74) is 7.48. The van der Waals surface area contributed by atoms with Gasteiger partial charge in [0.1, 0.15) is 12.4 Å². The van der Waals surface area contributed by atoms with Crippen LogP contribution in [0.3, 0.4) is 0 Å². The topological polar surface area (TPSA) is 64.3 Å². The van der Waals surface area contributed by atoms with Gasteiger partial charge in [-0.1, -0.05) is 42.5 Å². The molecule has 0 aliphatic rings. The van der Waals surface area contributed by atoms with Gasteiger partial charge < -0.3 is 15.8 Å². The standard InChI is InChI=1S/C17H20N2O2/c1-19-16(17(18)20)11-13-7-9-15(10-8-13)21-12-14-5-3-2-4-6-14/h2-10,16,19H,11-12H2,1H3,(H2,18,20)/t16-/m0/s1. The predicted octanol–water partition coefficient (Wildman–Crippen LogP) is 1.88. The van der Waals surface area contributed by atoms with Crippen molar-refractivity contribution in [2.75, 3.05) is 7.05 Å². The molecule has 0 spiro atoms. The first-order chi connectivity index (χ1) is 10.2. The fourth-order valence-corrected chi connectivity index (χ4v) is 2.04. The summed E-state index contributed by atoms with van der Waals surface area (Å²) in [6.07, 6.45) is 0.574. The van der Waals surface area contributed by atoms with E-state index in [1.165, 1.54) is 0 Å². The number of hydrogen-bond donors (Lipinski definition) is 2. The molecule has 1 amide bonds. The fourth-order valence-electron chi connectivity index (χ4n) is 2.04. The number of carbonyl (C=O) groups is 1. The summed E-state index contributed by atoms with van der Waals surface area (Å²) in [6.45, 7) is 0.542. The molecule has 4 nitrogen and oxygen atoms in total. The molecule has 0 heterocycles. The highest BCUT2D eigenvalue weighted by Crippen LogP contribution is 2.15. The summed E-state index contributed by atoms with van der Waals surface area (Å²) in [6, 6.07) is 17.4. The first kappa shape index (κ1) is 15.1. The van der Waals surface area contributed by atoms with Crippen LogP contribution in [0.2, 0.25) is 0 Å². The predicted molar refractivity (Wildman–Crippen MR) is 83.0 cm³/mol. The molecular formula is C17H20N2O2. The van der Waals surface area contributed by atoms with Gasteiger partial charge in [0.2, 0.25) is 5.91 Å². The third-order valence-corrected chi connectivity index (χ3v) is 3.30. The molecule has 0 aliphatic heterocycles. The van der Waals surface area contributed by atoms with Crippen molar-refractivity contribution in [1.29, 1.82) is 0 Å². The molecule has 0 saturated heterocycles. The Morgan fingerprint density at radius 1 is 1.10 bits per heavy atom. The zero-order valence-corrected chi connectivity index (χ0v) is 12.1. The minimum atomic E-state index is -0.346. The molecule has 4 heteroatoms. The normalized spacial score (nSPS) is 11.9. The van der Waals surface area contributed by atoms with Crippen molar-refractivity contribution in [2.24, 2.45) is 5.73 Å². The lowest BCUT2D eigenvalue weighted by Gasteiger charge is -2.12. The molecule has 0 aliphatic carbocycles. The summed E-state index contributed by atoms with van der Waals surface area (Å²) in [4.78, 5) is 11.2. The molecule has 0 unspecified atom stereocenters. The van der Waals surface area contributed by atoms with E-state index in [1.807, 2.05) is 54.6 Å². The Hall–Kier alpha value is -2.33. The van der Waals surface area contributed by atoms with Gasteiger partial charge in [-0.3, -0.25) is 4.79 Å². The van der Waals surface area contributed by atoms with E-state index >= 15 is 0 Å². The highest BCUT2D eigenvalue weighted by molar-refractivity contribution is 5.80. The van der Waals surface area contributed by atoms with E-state index in [1.54, 1.807) is 7.05 Å². The average molecular weight is 284 g/mol. The number of nitrogens with two attached hydrogens (primary N) is 1. The molecule has 0 aromatic heterocycles. The molecule has 110 valence electrons. The van der Waals surface area contributed by atoms with E-state index in [4.69, 9.17) is 10.5 Å². The van der Waals surface area contributed by atoms with Gasteiger partial charge in [-0.25, -0.2) is 0 Å². The maximum absolute atomic E-state index is 11.2. The molecule has 21 heavy (non-hydrogen) atoms. The first-order valence-corrected chi connectivity index (χ1v) is 6.91. The molecule has 2 rings (SSSR count). The van der Waals surface area contributed by atoms with Crippen molar-refractivity contribution in [2.45, 2.75) is 19.1 Å². The van der Waals surface area contributed by atoms with Gasteiger partial charge in [0, 0.05) is 0 Å². The maximum Gasteiger partial charge on any atom is 0.234 e. The molecule has 0 bridgehead atoms. The van der Waals surface area contributed by atoms with Crippen molar-refractivity contribution in [1.82, 2.24) is 5.32 Å². The lowest BCUT2D eigenvalue weighted by Crippen LogP contribution is -2.40. The smallest absolute Gasteiger partial charge is 0.234 e. The van der Waals surface area contributed by atoms with Crippen molar-refractivity contribution in [3.63, 3.8) is 0 Å². The summed E-state index contributed by atoms with van der Waals surface area (Å²) in [5, 5.41) is 2.91. The van der Waals surface area contributed by atoms with E-state index < -0.39 is 0 Å². The van der Waals surface area contributed by atoms with Crippen LogP contribution in [0.1, 0.15) is 11.1 Å². The second kappa shape index (κ2) is 7.45. The van der Waals surface area contributed by atoms with Gasteiger partial charge in [-0.2, -0.15) is 0 Å². The van der Waals surface area contributed by atoms with E-state index in [9.17, 15) is 4.79 Å². The summed E-state index contributed by atoms with van der Waals surface area (Å²) in [7, 11) is 1.73. The van der Waals surface area contributed by atoms with Crippen molar-refractivity contribution >= 4 is 5.91 Å². The highest BCUT2D eigenvalue weighted by Gasteiger charge is 2.12. The average Bonchev–Trinajstić information content (AvgIpc) is 2.52. The van der Waals surface area contributed by atoms with Gasteiger partial charge in [0.25, 0.3) is 0 Å². The summed E-state index contributed by atoms with van der Waals surface area (Å²) >= 11 is 0. The number of nitrogens with one attached hydrogen (secondary N) is 1. The van der Waals surface area contributed by atoms with Crippen LogP contribution in [0, 0.1) is 0 Å². The monoisotopic (exact) mass is 284 g/mol. The maximum atomic E-state index is 11.2. The molecular weight excluding hydrogens is 264 g/mol. The summed E-state index contributed by atoms with van der Waals surface area (Å²) in [5.74, 6) is 0.463. The van der Waals surface area contributed by atoms with Gasteiger partial charge in [-0.15, -0.1) is 0 Å². The molecule has 2 aromatic rings. The van der Waals surface area contributed by atoms with Crippen molar-refractivity contribution in [3.8, 4) is 5.75 Å². The number of likely N-dealkylation sites (N-methyl/N-ethyl adjacent to an activating group) is 1. The highest BCUT2D eigenvalue weighted by atomic mass is 16.5. The lowest BCUT2D eigenvalue weighted by molar-refractivity contribution is -0.119. The van der Waals surface area contributed by atoms with Crippen molar-refractivity contribution in [3.05, 3.63) is 65.7 Å². The minimum absolute atomic E-state index is 0.345. The Bertz CT molecular complexity index is 567. The number of hydrogen-bond acceptors (Lipinski definition) is 3. The van der Waals surface area contributed by atoms with E-state index in [2.05, 4.69) is 5.32 Å². The van der Waals surface area contributed by atoms with Crippen LogP contribution in [0.15, 0.2) is 54.6 Å². The lowest BCUT2D eigenvalue weighted by atomic mass is 10.1. The Balaban J connectivity index is 1.91. The first-order valence-electron chi connectivity index (χ1n) is 6.91. The third kappa shape index (κ3) is 4.61. The Labute approximate surface area is 124 Å². The SMILES string of the molecule is CN[C@@H](Cc1ccc(OCc2ccccc2)cc1)C(N)=O. The van der Waals surface area contributed by atoms with Crippen LogP contribution in [-0.4, -0.2) is 19.0 Å². The zero-order chi connectivity index (χ0) is 15.1. The third-order valence-electron chi connectivity index (χ3n) is 3.30. The van der Waals surface area contributed by atoms with Crippen LogP contribution < -0.4 is 15.8 Å².